The Hall–Kier alpha value is -4.68. The van der Waals surface area contributed by atoms with E-state index >= 15 is 0 Å². The van der Waals surface area contributed by atoms with Gasteiger partial charge in [-0.3, -0.25) is 19.3 Å². The van der Waals surface area contributed by atoms with Gasteiger partial charge in [0.15, 0.2) is 0 Å². The van der Waals surface area contributed by atoms with Crippen molar-refractivity contribution in [2.45, 2.75) is 44.9 Å². The van der Waals surface area contributed by atoms with Gasteiger partial charge in [0.25, 0.3) is 5.91 Å². The Balaban J connectivity index is 1.76. The number of carbonyl (C=O) groups excluding carboxylic acids is 2. The topological polar surface area (TPSA) is 88.9 Å². The number of nitrogens with one attached hydrogen (secondary N) is 2. The second-order valence-electron chi connectivity index (χ2n) is 10.1. The average Bonchev–Trinajstić information content (AvgIpc) is 3.37. The van der Waals surface area contributed by atoms with Crippen LogP contribution in [0.5, 0.6) is 0 Å². The van der Waals surface area contributed by atoms with E-state index in [0.717, 1.165) is 24.3 Å². The number of halogens is 6. The number of amides is 2. The van der Waals surface area contributed by atoms with Crippen molar-refractivity contribution in [3.8, 4) is 11.1 Å². The molecule has 0 fully saturated rings. The quantitative estimate of drug-likeness (QED) is 0.231. The zero-order valence-corrected chi connectivity index (χ0v) is 23.3. The zero-order chi connectivity index (χ0) is 31.5. The van der Waals surface area contributed by atoms with Crippen molar-refractivity contribution in [3.05, 3.63) is 106 Å². The Morgan fingerprint density at radius 1 is 0.977 bits per heavy atom. The molecule has 0 saturated carbocycles. The second kappa shape index (κ2) is 12.7. The Bertz CT molecular complexity index is 1630. The molecule has 2 heterocycles. The van der Waals surface area contributed by atoms with E-state index in [0.29, 0.717) is 21.9 Å². The number of rotatable bonds is 9. The van der Waals surface area contributed by atoms with Gasteiger partial charge in [-0.25, -0.2) is 13.2 Å². The van der Waals surface area contributed by atoms with Crippen LogP contribution in [0.2, 0.25) is 0 Å². The van der Waals surface area contributed by atoms with Crippen LogP contribution in [0, 0.1) is 17.5 Å². The van der Waals surface area contributed by atoms with Gasteiger partial charge in [0.05, 0.1) is 23.0 Å². The Morgan fingerprint density at radius 2 is 1.67 bits per heavy atom. The molecule has 2 amide bonds. The molecule has 0 saturated heterocycles. The standard InChI is InChI=1S/C30H27F6N5O2/c1-16(2)24-14-26(30(34,35)36)41(40-24)15-27(42)39-25(11-17-9-19(31)13-20(32)10-17)28-21(5-4-8-38-28)18-6-7-23(33)22(12-18)29(43)37-3/h4-10,12-14,16,25H,11,15H2,1-3H3,(H,37,43)(H,39,42)/t25-/m0/s1. The van der Waals surface area contributed by atoms with Crippen molar-refractivity contribution in [2.75, 3.05) is 7.05 Å². The molecular formula is C30H27F6N5O2. The maximum Gasteiger partial charge on any atom is 0.433 e. The van der Waals surface area contributed by atoms with Gasteiger partial charge in [0, 0.05) is 24.9 Å². The highest BCUT2D eigenvalue weighted by atomic mass is 19.4. The lowest BCUT2D eigenvalue weighted by atomic mass is 9.94. The highest BCUT2D eigenvalue weighted by molar-refractivity contribution is 5.95. The first-order valence-corrected chi connectivity index (χ1v) is 13.1. The van der Waals surface area contributed by atoms with Crippen LogP contribution in [0.3, 0.4) is 0 Å². The number of aromatic nitrogens is 3. The fraction of sp³-hybridized carbons (Fsp3) is 0.267. The van der Waals surface area contributed by atoms with Crippen molar-refractivity contribution in [1.82, 2.24) is 25.4 Å². The van der Waals surface area contributed by atoms with Crippen LogP contribution in [0.25, 0.3) is 11.1 Å². The molecule has 0 unspecified atom stereocenters. The number of hydrogen-bond acceptors (Lipinski definition) is 4. The van der Waals surface area contributed by atoms with Crippen molar-refractivity contribution in [2.24, 2.45) is 0 Å². The number of carbonyl (C=O) groups is 2. The minimum Gasteiger partial charge on any atom is -0.355 e. The molecule has 0 bridgehead atoms. The molecule has 4 rings (SSSR count). The Morgan fingerprint density at radius 3 is 2.30 bits per heavy atom. The van der Waals surface area contributed by atoms with Gasteiger partial charge in [-0.2, -0.15) is 18.3 Å². The van der Waals surface area contributed by atoms with Crippen LogP contribution in [0.1, 0.15) is 58.8 Å². The summed E-state index contributed by atoms with van der Waals surface area (Å²) in [5.41, 5.74) is -0.269. The van der Waals surface area contributed by atoms with Gasteiger partial charge in [-0.05, 0) is 59.9 Å². The molecule has 4 aromatic rings. The van der Waals surface area contributed by atoms with E-state index in [4.69, 9.17) is 0 Å². The van der Waals surface area contributed by atoms with E-state index in [9.17, 15) is 35.9 Å². The lowest BCUT2D eigenvalue weighted by Crippen LogP contribution is -2.34. The molecule has 2 N–H and O–H groups in total. The molecule has 0 aliphatic rings. The maximum atomic E-state index is 14.4. The molecule has 0 aliphatic heterocycles. The van der Waals surface area contributed by atoms with E-state index in [-0.39, 0.29) is 34.9 Å². The third kappa shape index (κ3) is 7.40. The highest BCUT2D eigenvalue weighted by Crippen LogP contribution is 2.33. The molecule has 0 spiro atoms. The summed E-state index contributed by atoms with van der Waals surface area (Å²) in [6, 6.07) is 9.41. The molecule has 0 aliphatic carbocycles. The molecule has 0 radical (unpaired) electrons. The zero-order valence-electron chi connectivity index (χ0n) is 23.3. The fourth-order valence-electron chi connectivity index (χ4n) is 4.56. The molecule has 13 heteroatoms. The smallest absolute Gasteiger partial charge is 0.355 e. The van der Waals surface area contributed by atoms with E-state index in [2.05, 4.69) is 20.7 Å². The summed E-state index contributed by atoms with van der Waals surface area (Å²) in [6.07, 6.45) is -3.61. The summed E-state index contributed by atoms with van der Waals surface area (Å²) in [5.74, 6) is -4.44. The minimum atomic E-state index is -4.78. The van der Waals surface area contributed by atoms with Gasteiger partial charge >= 0.3 is 6.18 Å². The van der Waals surface area contributed by atoms with E-state index < -0.39 is 53.7 Å². The van der Waals surface area contributed by atoms with E-state index in [1.54, 1.807) is 26.0 Å². The summed E-state index contributed by atoms with van der Waals surface area (Å²) in [7, 11) is 1.33. The lowest BCUT2D eigenvalue weighted by molar-refractivity contribution is -0.144. The van der Waals surface area contributed by atoms with Crippen LogP contribution in [-0.2, 0) is 23.9 Å². The van der Waals surface area contributed by atoms with Crippen molar-refractivity contribution in [1.29, 1.82) is 0 Å². The molecule has 43 heavy (non-hydrogen) atoms. The first-order chi connectivity index (χ1) is 20.3. The van der Waals surface area contributed by atoms with Gasteiger partial charge in [-0.1, -0.05) is 26.0 Å². The van der Waals surface area contributed by atoms with Gasteiger partial charge < -0.3 is 10.6 Å². The SMILES string of the molecule is CNC(=O)c1cc(-c2cccnc2[C@H](Cc2cc(F)cc(F)c2)NC(=O)Cn2nc(C(C)C)cc2C(F)(F)F)ccc1F. The molecule has 2 aromatic heterocycles. The Labute approximate surface area is 242 Å². The van der Waals surface area contributed by atoms with Gasteiger partial charge in [-0.15, -0.1) is 0 Å². The number of nitrogens with zero attached hydrogens (tertiary/aromatic N) is 3. The number of alkyl halides is 3. The molecule has 7 nitrogen and oxygen atoms in total. The number of benzene rings is 2. The minimum absolute atomic E-state index is 0.127. The van der Waals surface area contributed by atoms with E-state index in [1.165, 1.54) is 25.4 Å². The first kappa shape index (κ1) is 31.3. The molecule has 2 aromatic carbocycles. The molecular weight excluding hydrogens is 576 g/mol. The predicted molar refractivity (Wildman–Crippen MR) is 145 cm³/mol. The highest BCUT2D eigenvalue weighted by Gasteiger charge is 2.36. The van der Waals surface area contributed by atoms with Gasteiger partial charge in [0.1, 0.15) is 29.7 Å². The third-order valence-corrected chi connectivity index (χ3v) is 6.59. The fourth-order valence-corrected chi connectivity index (χ4v) is 4.56. The third-order valence-electron chi connectivity index (χ3n) is 6.59. The summed E-state index contributed by atoms with van der Waals surface area (Å²) >= 11 is 0. The normalized spacial score (nSPS) is 12.3. The summed E-state index contributed by atoms with van der Waals surface area (Å²) in [4.78, 5) is 29.8. The van der Waals surface area contributed by atoms with Crippen LogP contribution in [0.4, 0.5) is 26.3 Å². The Kier molecular flexibility index (Phi) is 9.22. The lowest BCUT2D eigenvalue weighted by Gasteiger charge is -2.22. The van der Waals surface area contributed by atoms with E-state index in [1.807, 2.05) is 0 Å². The monoisotopic (exact) mass is 603 g/mol. The molecule has 226 valence electrons. The van der Waals surface area contributed by atoms with Crippen LogP contribution in [0.15, 0.2) is 60.8 Å². The maximum absolute atomic E-state index is 14.4. The number of hydrogen-bond donors (Lipinski definition) is 2. The predicted octanol–water partition coefficient (Wildman–Crippen LogP) is 5.96. The summed E-state index contributed by atoms with van der Waals surface area (Å²) in [5, 5.41) is 8.93. The van der Waals surface area contributed by atoms with Crippen molar-refractivity contribution < 1.29 is 35.9 Å². The second-order valence-corrected chi connectivity index (χ2v) is 10.1. The van der Waals surface area contributed by atoms with Crippen LogP contribution >= 0.6 is 0 Å². The summed E-state index contributed by atoms with van der Waals surface area (Å²) < 4.78 is 84.2. The van der Waals surface area contributed by atoms with Crippen LogP contribution < -0.4 is 10.6 Å². The summed E-state index contributed by atoms with van der Waals surface area (Å²) in [6.45, 7) is 2.51. The largest absolute Gasteiger partial charge is 0.433 e. The first-order valence-electron chi connectivity index (χ1n) is 13.1. The average molecular weight is 604 g/mol. The molecule has 1 atom stereocenters. The van der Waals surface area contributed by atoms with Crippen molar-refractivity contribution >= 4 is 11.8 Å². The van der Waals surface area contributed by atoms with Crippen LogP contribution in [-0.4, -0.2) is 33.6 Å². The van der Waals surface area contributed by atoms with Crippen molar-refractivity contribution in [3.63, 3.8) is 0 Å². The number of pyridine rings is 1. The van der Waals surface area contributed by atoms with Gasteiger partial charge in [0.2, 0.25) is 5.91 Å².